The lowest BCUT2D eigenvalue weighted by Crippen LogP contribution is -2.25. The van der Waals surface area contributed by atoms with Gasteiger partial charge in [0.15, 0.2) is 0 Å². The summed E-state index contributed by atoms with van der Waals surface area (Å²) in [7, 11) is 0. The smallest absolute Gasteiger partial charge is 0.0590 e. The van der Waals surface area contributed by atoms with E-state index < -0.39 is 0 Å². The zero-order valence-electron chi connectivity index (χ0n) is 8.64. The number of nitrogens with one attached hydrogen (secondary N) is 2. The molecule has 0 aromatic carbocycles. The standard InChI is InChI=1S/C10H22N2O/c1-2-13-9-8-11-6-3-7-12-10-4-5-10/h10-12H,2-9H2,1H3. The Morgan fingerprint density at radius 1 is 1.23 bits per heavy atom. The van der Waals surface area contributed by atoms with Crippen molar-refractivity contribution in [1.82, 2.24) is 10.6 Å². The Hall–Kier alpha value is -0.120. The van der Waals surface area contributed by atoms with Crippen LogP contribution in [0.2, 0.25) is 0 Å². The largest absolute Gasteiger partial charge is 0.380 e. The van der Waals surface area contributed by atoms with Crippen LogP contribution in [-0.4, -0.2) is 38.9 Å². The van der Waals surface area contributed by atoms with Crippen LogP contribution in [0.4, 0.5) is 0 Å². The first-order valence-corrected chi connectivity index (χ1v) is 5.45. The van der Waals surface area contributed by atoms with Crippen molar-refractivity contribution in [2.75, 3.05) is 32.8 Å². The van der Waals surface area contributed by atoms with Gasteiger partial charge in [-0.1, -0.05) is 0 Å². The van der Waals surface area contributed by atoms with Gasteiger partial charge in [-0.2, -0.15) is 0 Å². The Morgan fingerprint density at radius 2 is 2.08 bits per heavy atom. The van der Waals surface area contributed by atoms with Crippen molar-refractivity contribution in [1.29, 1.82) is 0 Å². The van der Waals surface area contributed by atoms with Crippen LogP contribution in [0.3, 0.4) is 0 Å². The summed E-state index contributed by atoms with van der Waals surface area (Å²) in [6.07, 6.45) is 4.00. The third kappa shape index (κ3) is 6.99. The van der Waals surface area contributed by atoms with Crippen molar-refractivity contribution in [2.45, 2.75) is 32.2 Å². The highest BCUT2D eigenvalue weighted by Crippen LogP contribution is 2.17. The second kappa shape index (κ2) is 7.30. The van der Waals surface area contributed by atoms with Gasteiger partial charge in [0.2, 0.25) is 0 Å². The molecule has 3 nitrogen and oxygen atoms in total. The number of ether oxygens (including phenoxy) is 1. The van der Waals surface area contributed by atoms with Gasteiger partial charge in [0.1, 0.15) is 0 Å². The number of rotatable bonds is 9. The van der Waals surface area contributed by atoms with E-state index in [1.54, 1.807) is 0 Å². The molecule has 0 spiro atoms. The predicted octanol–water partition coefficient (Wildman–Crippen LogP) is 0.755. The van der Waals surface area contributed by atoms with E-state index in [4.69, 9.17) is 4.74 Å². The molecular formula is C10H22N2O. The van der Waals surface area contributed by atoms with E-state index in [-0.39, 0.29) is 0 Å². The quantitative estimate of drug-likeness (QED) is 0.521. The molecule has 0 amide bonds. The Labute approximate surface area is 81.2 Å². The summed E-state index contributed by atoms with van der Waals surface area (Å²) in [5.41, 5.74) is 0. The van der Waals surface area contributed by atoms with Crippen molar-refractivity contribution in [3.8, 4) is 0 Å². The van der Waals surface area contributed by atoms with E-state index in [2.05, 4.69) is 10.6 Å². The third-order valence-electron chi connectivity index (χ3n) is 2.17. The number of hydrogen-bond acceptors (Lipinski definition) is 3. The minimum absolute atomic E-state index is 0.824. The van der Waals surface area contributed by atoms with Crippen LogP contribution >= 0.6 is 0 Å². The van der Waals surface area contributed by atoms with Gasteiger partial charge in [0, 0.05) is 19.2 Å². The summed E-state index contributed by atoms with van der Waals surface area (Å²) in [5.74, 6) is 0. The van der Waals surface area contributed by atoms with Gasteiger partial charge in [-0.05, 0) is 39.3 Å². The fourth-order valence-corrected chi connectivity index (χ4v) is 1.22. The lowest BCUT2D eigenvalue weighted by Gasteiger charge is -2.05. The van der Waals surface area contributed by atoms with E-state index in [1.807, 2.05) is 6.92 Å². The second-order valence-corrected chi connectivity index (χ2v) is 3.53. The molecule has 78 valence electrons. The molecular weight excluding hydrogens is 164 g/mol. The first-order chi connectivity index (χ1) is 6.43. The van der Waals surface area contributed by atoms with Gasteiger partial charge >= 0.3 is 0 Å². The van der Waals surface area contributed by atoms with Crippen LogP contribution in [0, 0.1) is 0 Å². The van der Waals surface area contributed by atoms with Crippen LogP contribution in [-0.2, 0) is 4.74 Å². The molecule has 1 aliphatic rings. The van der Waals surface area contributed by atoms with Crippen molar-refractivity contribution in [3.05, 3.63) is 0 Å². The maximum atomic E-state index is 5.21. The zero-order chi connectivity index (χ0) is 9.36. The third-order valence-corrected chi connectivity index (χ3v) is 2.17. The molecule has 0 aromatic heterocycles. The maximum Gasteiger partial charge on any atom is 0.0590 e. The zero-order valence-corrected chi connectivity index (χ0v) is 8.64. The van der Waals surface area contributed by atoms with Gasteiger partial charge in [-0.3, -0.25) is 0 Å². The summed E-state index contributed by atoms with van der Waals surface area (Å²) in [5, 5.41) is 6.84. The van der Waals surface area contributed by atoms with Crippen LogP contribution < -0.4 is 10.6 Å². The maximum absolute atomic E-state index is 5.21. The van der Waals surface area contributed by atoms with E-state index >= 15 is 0 Å². The van der Waals surface area contributed by atoms with E-state index in [1.165, 1.54) is 19.3 Å². The van der Waals surface area contributed by atoms with Crippen LogP contribution in [0.25, 0.3) is 0 Å². The van der Waals surface area contributed by atoms with Crippen molar-refractivity contribution < 1.29 is 4.74 Å². The Balaban J connectivity index is 1.63. The predicted molar refractivity (Wildman–Crippen MR) is 55.0 cm³/mol. The molecule has 1 rings (SSSR count). The van der Waals surface area contributed by atoms with Crippen LogP contribution in [0.5, 0.6) is 0 Å². The van der Waals surface area contributed by atoms with E-state index in [9.17, 15) is 0 Å². The lowest BCUT2D eigenvalue weighted by molar-refractivity contribution is 0.149. The molecule has 0 bridgehead atoms. The normalized spacial score (nSPS) is 16.4. The van der Waals surface area contributed by atoms with Crippen molar-refractivity contribution in [2.24, 2.45) is 0 Å². The Morgan fingerprint density at radius 3 is 2.77 bits per heavy atom. The van der Waals surface area contributed by atoms with Gasteiger partial charge in [-0.25, -0.2) is 0 Å². The Kier molecular flexibility index (Phi) is 6.15. The molecule has 0 saturated heterocycles. The molecule has 0 heterocycles. The molecule has 1 aliphatic carbocycles. The highest BCUT2D eigenvalue weighted by molar-refractivity contribution is 4.80. The first kappa shape index (κ1) is 11.0. The fourth-order valence-electron chi connectivity index (χ4n) is 1.22. The van der Waals surface area contributed by atoms with E-state index in [0.29, 0.717) is 0 Å². The van der Waals surface area contributed by atoms with Crippen LogP contribution in [0.15, 0.2) is 0 Å². The summed E-state index contributed by atoms with van der Waals surface area (Å²) >= 11 is 0. The highest BCUT2D eigenvalue weighted by Gasteiger charge is 2.19. The van der Waals surface area contributed by atoms with Crippen molar-refractivity contribution in [3.63, 3.8) is 0 Å². The molecule has 2 N–H and O–H groups in total. The average molecular weight is 186 g/mol. The fraction of sp³-hybridized carbons (Fsp3) is 1.00. The van der Waals surface area contributed by atoms with Crippen LogP contribution in [0.1, 0.15) is 26.2 Å². The van der Waals surface area contributed by atoms with E-state index in [0.717, 1.165) is 38.9 Å². The SMILES string of the molecule is CCOCCNCCCNC1CC1. The molecule has 0 aromatic rings. The molecule has 0 unspecified atom stereocenters. The molecule has 1 fully saturated rings. The molecule has 0 radical (unpaired) electrons. The highest BCUT2D eigenvalue weighted by atomic mass is 16.5. The molecule has 3 heteroatoms. The minimum Gasteiger partial charge on any atom is -0.380 e. The van der Waals surface area contributed by atoms with Gasteiger partial charge < -0.3 is 15.4 Å². The second-order valence-electron chi connectivity index (χ2n) is 3.53. The molecule has 0 aliphatic heterocycles. The van der Waals surface area contributed by atoms with Crippen molar-refractivity contribution >= 4 is 0 Å². The summed E-state index contributed by atoms with van der Waals surface area (Å²) in [6, 6.07) is 0.850. The minimum atomic E-state index is 0.824. The first-order valence-electron chi connectivity index (χ1n) is 5.45. The van der Waals surface area contributed by atoms with Gasteiger partial charge in [0.05, 0.1) is 6.61 Å². The van der Waals surface area contributed by atoms with Gasteiger partial charge in [0.25, 0.3) is 0 Å². The molecule has 13 heavy (non-hydrogen) atoms. The molecule has 0 atom stereocenters. The monoisotopic (exact) mass is 186 g/mol. The summed E-state index contributed by atoms with van der Waals surface area (Å²) < 4.78 is 5.21. The lowest BCUT2D eigenvalue weighted by atomic mass is 10.4. The topological polar surface area (TPSA) is 33.3 Å². The summed E-state index contributed by atoms with van der Waals surface area (Å²) in [4.78, 5) is 0. The summed E-state index contributed by atoms with van der Waals surface area (Å²) in [6.45, 7) is 6.94. The average Bonchev–Trinajstić information content (AvgIpc) is 2.93. The number of hydrogen-bond donors (Lipinski definition) is 2. The van der Waals surface area contributed by atoms with Gasteiger partial charge in [-0.15, -0.1) is 0 Å². The molecule has 1 saturated carbocycles. The Bertz CT molecular complexity index is 115.